The van der Waals surface area contributed by atoms with Gasteiger partial charge in [-0.15, -0.1) is 0 Å². The van der Waals surface area contributed by atoms with E-state index in [-0.39, 0.29) is 11.5 Å². The molecule has 0 aromatic heterocycles. The average Bonchev–Trinajstić information content (AvgIpc) is 2.43. The van der Waals surface area contributed by atoms with Crippen molar-refractivity contribution in [2.75, 3.05) is 12.8 Å². The van der Waals surface area contributed by atoms with Crippen molar-refractivity contribution in [1.82, 2.24) is 0 Å². The molecule has 2 aromatic carbocycles. The number of anilines is 1. The molecule has 6 heteroatoms. The van der Waals surface area contributed by atoms with Gasteiger partial charge in [-0.3, -0.25) is 0 Å². The molecule has 2 N–H and O–H groups in total. The summed E-state index contributed by atoms with van der Waals surface area (Å²) in [6, 6.07) is 11.7. The Labute approximate surface area is 129 Å². The summed E-state index contributed by atoms with van der Waals surface area (Å²) in [6.45, 7) is 0. The SMILES string of the molecule is COc1cc(N)ccc1CS(=O)(=O)Cc1ccc(Cl)cc1. The number of ether oxygens (including phenoxy) is 1. The minimum absolute atomic E-state index is 0.0439. The van der Waals surface area contributed by atoms with Crippen LogP contribution in [0.15, 0.2) is 42.5 Å². The second-order valence-corrected chi connectivity index (χ2v) is 7.23. The summed E-state index contributed by atoms with van der Waals surface area (Å²) in [5.74, 6) is 0.339. The summed E-state index contributed by atoms with van der Waals surface area (Å²) in [4.78, 5) is 0. The van der Waals surface area contributed by atoms with Crippen LogP contribution in [-0.2, 0) is 21.3 Å². The fourth-order valence-electron chi connectivity index (χ4n) is 2.00. The molecule has 21 heavy (non-hydrogen) atoms. The van der Waals surface area contributed by atoms with E-state index in [9.17, 15) is 8.42 Å². The van der Waals surface area contributed by atoms with E-state index in [1.54, 1.807) is 42.5 Å². The van der Waals surface area contributed by atoms with Crippen molar-refractivity contribution in [3.63, 3.8) is 0 Å². The minimum Gasteiger partial charge on any atom is -0.496 e. The fraction of sp³-hybridized carbons (Fsp3) is 0.200. The van der Waals surface area contributed by atoms with Crippen molar-refractivity contribution in [3.05, 3.63) is 58.6 Å². The van der Waals surface area contributed by atoms with Crippen molar-refractivity contribution in [3.8, 4) is 5.75 Å². The molecule has 0 radical (unpaired) electrons. The maximum Gasteiger partial charge on any atom is 0.158 e. The van der Waals surface area contributed by atoms with Crippen LogP contribution in [0.3, 0.4) is 0 Å². The quantitative estimate of drug-likeness (QED) is 0.858. The van der Waals surface area contributed by atoms with Gasteiger partial charge in [-0.25, -0.2) is 8.42 Å². The van der Waals surface area contributed by atoms with Gasteiger partial charge in [0.05, 0.1) is 18.6 Å². The first-order chi connectivity index (χ1) is 9.89. The van der Waals surface area contributed by atoms with Crippen LogP contribution in [0.2, 0.25) is 5.02 Å². The normalized spacial score (nSPS) is 11.3. The molecule has 0 aliphatic carbocycles. The van der Waals surface area contributed by atoms with E-state index in [1.165, 1.54) is 7.11 Å². The lowest BCUT2D eigenvalue weighted by Crippen LogP contribution is -2.09. The highest BCUT2D eigenvalue weighted by Gasteiger charge is 2.16. The van der Waals surface area contributed by atoms with Crippen LogP contribution in [0.4, 0.5) is 5.69 Å². The zero-order valence-corrected chi connectivity index (χ0v) is 13.1. The van der Waals surface area contributed by atoms with Crippen LogP contribution in [0.25, 0.3) is 0 Å². The fourth-order valence-corrected chi connectivity index (χ4v) is 3.64. The van der Waals surface area contributed by atoms with Gasteiger partial charge in [-0.2, -0.15) is 0 Å². The molecule has 0 unspecified atom stereocenters. The molecule has 0 atom stereocenters. The summed E-state index contributed by atoms with van der Waals surface area (Å²) in [7, 11) is -1.82. The van der Waals surface area contributed by atoms with Gasteiger partial charge in [-0.1, -0.05) is 29.8 Å². The van der Waals surface area contributed by atoms with E-state index in [2.05, 4.69) is 0 Å². The number of methoxy groups -OCH3 is 1. The average molecular weight is 326 g/mol. The number of sulfone groups is 1. The second-order valence-electron chi connectivity index (χ2n) is 4.73. The van der Waals surface area contributed by atoms with E-state index < -0.39 is 9.84 Å². The standard InChI is InChI=1S/C15H16ClNO3S/c1-20-15-8-14(17)7-4-12(15)10-21(18,19)9-11-2-5-13(16)6-3-11/h2-8H,9-10,17H2,1H3. The number of nitrogen functional groups attached to an aromatic ring is 1. The van der Waals surface area contributed by atoms with E-state index >= 15 is 0 Å². The van der Waals surface area contributed by atoms with Crippen LogP contribution in [0, 0.1) is 0 Å². The maximum atomic E-state index is 12.3. The topological polar surface area (TPSA) is 69.4 Å². The zero-order chi connectivity index (χ0) is 15.5. The highest BCUT2D eigenvalue weighted by atomic mass is 35.5. The number of halogens is 1. The van der Waals surface area contributed by atoms with Crippen LogP contribution in [0.5, 0.6) is 5.75 Å². The Morgan fingerprint density at radius 2 is 1.76 bits per heavy atom. The number of nitrogens with two attached hydrogens (primary N) is 1. The second kappa shape index (κ2) is 6.37. The highest BCUT2D eigenvalue weighted by molar-refractivity contribution is 7.89. The molecule has 4 nitrogen and oxygen atoms in total. The van der Waals surface area contributed by atoms with Gasteiger partial charge in [0.25, 0.3) is 0 Å². The Hall–Kier alpha value is -1.72. The Bertz CT molecular complexity index is 727. The third-order valence-corrected chi connectivity index (χ3v) is 4.76. The van der Waals surface area contributed by atoms with Crippen LogP contribution < -0.4 is 10.5 Å². The first-order valence-corrected chi connectivity index (χ1v) is 8.47. The van der Waals surface area contributed by atoms with Crippen LogP contribution in [-0.4, -0.2) is 15.5 Å². The molecule has 0 heterocycles. The summed E-state index contributed by atoms with van der Waals surface area (Å²) in [5, 5.41) is 0.580. The molecule has 2 aromatic rings. The molecule has 112 valence electrons. The first kappa shape index (κ1) is 15.7. The summed E-state index contributed by atoms with van der Waals surface area (Å²) >= 11 is 5.79. The van der Waals surface area contributed by atoms with Gasteiger partial charge in [0.15, 0.2) is 9.84 Å². The van der Waals surface area contributed by atoms with Crippen molar-refractivity contribution < 1.29 is 13.2 Å². The zero-order valence-electron chi connectivity index (χ0n) is 11.5. The molecule has 2 rings (SSSR count). The van der Waals surface area contributed by atoms with E-state index in [0.29, 0.717) is 27.6 Å². The molecule has 0 bridgehead atoms. The molecule has 0 aliphatic heterocycles. The number of hydrogen-bond acceptors (Lipinski definition) is 4. The molecule has 0 saturated heterocycles. The van der Waals surface area contributed by atoms with E-state index in [1.807, 2.05) is 0 Å². The molecule has 0 saturated carbocycles. The number of benzene rings is 2. The van der Waals surface area contributed by atoms with E-state index in [0.717, 1.165) is 0 Å². The lowest BCUT2D eigenvalue weighted by molar-refractivity contribution is 0.411. The largest absolute Gasteiger partial charge is 0.496 e. The lowest BCUT2D eigenvalue weighted by Gasteiger charge is -2.10. The smallest absolute Gasteiger partial charge is 0.158 e. The number of rotatable bonds is 5. The first-order valence-electron chi connectivity index (χ1n) is 6.27. The molecule has 0 aliphatic rings. The Morgan fingerprint density at radius 1 is 1.10 bits per heavy atom. The third kappa shape index (κ3) is 4.37. The van der Waals surface area contributed by atoms with Crippen molar-refractivity contribution in [2.45, 2.75) is 11.5 Å². The van der Waals surface area contributed by atoms with Gasteiger partial charge in [0.1, 0.15) is 5.75 Å². The Morgan fingerprint density at radius 3 is 2.38 bits per heavy atom. The van der Waals surface area contributed by atoms with Gasteiger partial charge in [0, 0.05) is 22.3 Å². The van der Waals surface area contributed by atoms with Gasteiger partial charge < -0.3 is 10.5 Å². The summed E-state index contributed by atoms with van der Waals surface area (Å²) in [6.07, 6.45) is 0. The van der Waals surface area contributed by atoms with Crippen molar-refractivity contribution in [1.29, 1.82) is 0 Å². The highest BCUT2D eigenvalue weighted by Crippen LogP contribution is 2.24. The third-order valence-electron chi connectivity index (χ3n) is 2.99. The molecule has 0 spiro atoms. The lowest BCUT2D eigenvalue weighted by atomic mass is 10.2. The Kier molecular flexibility index (Phi) is 4.75. The van der Waals surface area contributed by atoms with Gasteiger partial charge >= 0.3 is 0 Å². The van der Waals surface area contributed by atoms with Gasteiger partial charge in [0.2, 0.25) is 0 Å². The molecule has 0 fully saturated rings. The van der Waals surface area contributed by atoms with Gasteiger partial charge in [-0.05, 0) is 23.8 Å². The monoisotopic (exact) mass is 325 g/mol. The van der Waals surface area contributed by atoms with Crippen LogP contribution in [0.1, 0.15) is 11.1 Å². The Balaban J connectivity index is 2.19. The maximum absolute atomic E-state index is 12.3. The molecular weight excluding hydrogens is 310 g/mol. The summed E-state index contributed by atoms with van der Waals surface area (Å²) in [5.41, 5.74) is 7.50. The number of hydrogen-bond donors (Lipinski definition) is 1. The predicted molar refractivity (Wildman–Crippen MR) is 85.2 cm³/mol. The van der Waals surface area contributed by atoms with Crippen LogP contribution >= 0.6 is 11.6 Å². The summed E-state index contributed by atoms with van der Waals surface area (Å²) < 4.78 is 29.8. The molecular formula is C15H16ClNO3S. The molecule has 0 amide bonds. The van der Waals surface area contributed by atoms with E-state index in [4.69, 9.17) is 22.1 Å². The minimum atomic E-state index is -3.31. The predicted octanol–water partition coefficient (Wildman–Crippen LogP) is 3.05. The van der Waals surface area contributed by atoms with Crippen molar-refractivity contribution >= 4 is 27.1 Å². The van der Waals surface area contributed by atoms with Crippen molar-refractivity contribution in [2.24, 2.45) is 0 Å².